The maximum absolute atomic E-state index is 13.1. The maximum Gasteiger partial charge on any atom is 0.252 e. The molecule has 2 aromatic rings. The van der Waals surface area contributed by atoms with Gasteiger partial charge in [0.1, 0.15) is 5.82 Å². The van der Waals surface area contributed by atoms with Crippen molar-refractivity contribution in [2.75, 3.05) is 42.5 Å². The first-order chi connectivity index (χ1) is 12.2. The third-order valence-corrected chi connectivity index (χ3v) is 4.36. The van der Waals surface area contributed by atoms with Gasteiger partial charge in [-0.2, -0.15) is 0 Å². The van der Waals surface area contributed by atoms with E-state index in [2.05, 4.69) is 20.1 Å². The Morgan fingerprint density at radius 2 is 1.72 bits per heavy atom. The number of hydrogen-bond acceptors (Lipinski definition) is 4. The molecule has 1 N–H and O–H groups in total. The van der Waals surface area contributed by atoms with E-state index in [1.54, 1.807) is 12.4 Å². The number of piperazine rings is 1. The molecule has 0 spiro atoms. The van der Waals surface area contributed by atoms with Gasteiger partial charge in [-0.05, 0) is 36.8 Å². The zero-order chi connectivity index (χ0) is 17.6. The lowest BCUT2D eigenvalue weighted by Gasteiger charge is -2.37. The Morgan fingerprint density at radius 3 is 2.36 bits per heavy atom. The van der Waals surface area contributed by atoms with E-state index < -0.39 is 0 Å². The minimum absolute atomic E-state index is 0.0823. The summed E-state index contributed by atoms with van der Waals surface area (Å²) in [6, 6.07) is 8.50. The molecule has 0 aliphatic carbocycles. The van der Waals surface area contributed by atoms with Crippen molar-refractivity contribution < 1.29 is 9.18 Å². The molecule has 0 bridgehead atoms. The van der Waals surface area contributed by atoms with Crippen molar-refractivity contribution in [1.82, 2.24) is 10.3 Å². The second-order valence-corrected chi connectivity index (χ2v) is 6.14. The van der Waals surface area contributed by atoms with Crippen LogP contribution in [-0.4, -0.2) is 43.6 Å². The Hall–Kier alpha value is -2.63. The average molecular weight is 342 g/mol. The largest absolute Gasteiger partial charge is 0.368 e. The number of rotatable bonds is 5. The van der Waals surface area contributed by atoms with Gasteiger partial charge in [0, 0.05) is 44.6 Å². The summed E-state index contributed by atoms with van der Waals surface area (Å²) in [5.41, 5.74) is 2.58. The molecule has 25 heavy (non-hydrogen) atoms. The highest BCUT2D eigenvalue weighted by Gasteiger charge is 2.18. The van der Waals surface area contributed by atoms with E-state index in [-0.39, 0.29) is 11.7 Å². The Labute approximate surface area is 147 Å². The molecule has 1 aliphatic heterocycles. The summed E-state index contributed by atoms with van der Waals surface area (Å²) in [6.07, 6.45) is 4.30. The summed E-state index contributed by atoms with van der Waals surface area (Å²) < 4.78 is 13.1. The molecule has 6 heteroatoms. The SMILES string of the molecule is CCCNC(=O)c1cncc(N2CCN(c3ccc(F)cc3)CC2)c1. The van der Waals surface area contributed by atoms with Crippen LogP contribution in [0.5, 0.6) is 0 Å². The third-order valence-electron chi connectivity index (χ3n) is 4.36. The Bertz CT molecular complexity index is 712. The number of nitrogens with zero attached hydrogens (tertiary/aromatic N) is 3. The minimum atomic E-state index is -0.216. The van der Waals surface area contributed by atoms with Gasteiger partial charge in [0.25, 0.3) is 5.91 Å². The maximum atomic E-state index is 13.1. The van der Waals surface area contributed by atoms with Crippen LogP contribution in [0.15, 0.2) is 42.7 Å². The fraction of sp³-hybridized carbons (Fsp3) is 0.368. The standard InChI is InChI=1S/C19H23FN4O/c1-2-7-22-19(25)15-12-18(14-21-13-15)24-10-8-23(9-11-24)17-5-3-16(20)4-6-17/h3-6,12-14H,2,7-11H2,1H3,(H,22,25). The summed E-state index contributed by atoms with van der Waals surface area (Å²) in [6.45, 7) is 6.04. The predicted octanol–water partition coefficient (Wildman–Crippen LogP) is 2.69. The first-order valence-electron chi connectivity index (χ1n) is 8.66. The molecular formula is C19H23FN4O. The molecular weight excluding hydrogens is 319 g/mol. The molecule has 1 saturated heterocycles. The number of benzene rings is 1. The van der Waals surface area contributed by atoms with E-state index in [1.165, 1.54) is 12.1 Å². The van der Waals surface area contributed by atoms with Gasteiger partial charge in [-0.15, -0.1) is 0 Å². The monoisotopic (exact) mass is 342 g/mol. The normalized spacial score (nSPS) is 14.5. The molecule has 5 nitrogen and oxygen atoms in total. The van der Waals surface area contributed by atoms with Crippen LogP contribution < -0.4 is 15.1 Å². The zero-order valence-corrected chi connectivity index (χ0v) is 14.4. The van der Waals surface area contributed by atoms with Crippen molar-refractivity contribution in [2.24, 2.45) is 0 Å². The highest BCUT2D eigenvalue weighted by Crippen LogP contribution is 2.21. The molecule has 0 unspecified atom stereocenters. The molecule has 1 fully saturated rings. The van der Waals surface area contributed by atoms with Crippen molar-refractivity contribution in [3.05, 3.63) is 54.1 Å². The lowest BCUT2D eigenvalue weighted by Crippen LogP contribution is -2.46. The summed E-state index contributed by atoms with van der Waals surface area (Å²) in [7, 11) is 0. The molecule has 132 valence electrons. The van der Waals surface area contributed by atoms with Crippen molar-refractivity contribution in [2.45, 2.75) is 13.3 Å². The van der Waals surface area contributed by atoms with Gasteiger partial charge in [0.15, 0.2) is 0 Å². The first-order valence-corrected chi connectivity index (χ1v) is 8.66. The second kappa shape index (κ2) is 7.96. The fourth-order valence-corrected chi connectivity index (χ4v) is 2.94. The van der Waals surface area contributed by atoms with Crippen LogP contribution in [0, 0.1) is 5.82 Å². The third kappa shape index (κ3) is 4.26. The fourth-order valence-electron chi connectivity index (χ4n) is 2.94. The van der Waals surface area contributed by atoms with Crippen LogP contribution in [0.1, 0.15) is 23.7 Å². The summed E-state index contributed by atoms with van der Waals surface area (Å²) in [5.74, 6) is -0.298. The topological polar surface area (TPSA) is 48.5 Å². The van der Waals surface area contributed by atoms with Gasteiger partial charge < -0.3 is 15.1 Å². The number of hydrogen-bond donors (Lipinski definition) is 1. The van der Waals surface area contributed by atoms with E-state index in [0.717, 1.165) is 44.0 Å². The van der Waals surface area contributed by atoms with Gasteiger partial charge >= 0.3 is 0 Å². The molecule has 0 atom stereocenters. The molecule has 2 heterocycles. The van der Waals surface area contributed by atoms with E-state index >= 15 is 0 Å². The van der Waals surface area contributed by atoms with Crippen molar-refractivity contribution in [3.8, 4) is 0 Å². The number of nitrogens with one attached hydrogen (secondary N) is 1. The summed E-state index contributed by atoms with van der Waals surface area (Å²) in [5, 5.41) is 2.88. The summed E-state index contributed by atoms with van der Waals surface area (Å²) >= 11 is 0. The number of carbonyl (C=O) groups is 1. The van der Waals surface area contributed by atoms with E-state index in [1.807, 2.05) is 25.1 Å². The smallest absolute Gasteiger partial charge is 0.252 e. The number of aromatic nitrogens is 1. The van der Waals surface area contributed by atoms with Crippen LogP contribution in [0.2, 0.25) is 0 Å². The molecule has 1 aliphatic rings. The lowest BCUT2D eigenvalue weighted by molar-refractivity contribution is 0.0953. The molecule has 1 aromatic carbocycles. The number of carbonyl (C=O) groups excluding carboxylic acids is 1. The van der Waals surface area contributed by atoms with Crippen molar-refractivity contribution >= 4 is 17.3 Å². The first kappa shape index (κ1) is 17.2. The minimum Gasteiger partial charge on any atom is -0.368 e. The summed E-state index contributed by atoms with van der Waals surface area (Å²) in [4.78, 5) is 20.8. The Morgan fingerprint density at radius 1 is 1.08 bits per heavy atom. The average Bonchev–Trinajstić information content (AvgIpc) is 2.67. The zero-order valence-electron chi connectivity index (χ0n) is 14.4. The predicted molar refractivity (Wildman–Crippen MR) is 97.7 cm³/mol. The van der Waals surface area contributed by atoms with E-state index in [0.29, 0.717) is 12.1 Å². The molecule has 0 saturated carbocycles. The van der Waals surface area contributed by atoms with Crippen LogP contribution in [0.3, 0.4) is 0 Å². The number of amides is 1. The van der Waals surface area contributed by atoms with Gasteiger partial charge in [-0.25, -0.2) is 4.39 Å². The van der Waals surface area contributed by atoms with Crippen LogP contribution in [0.4, 0.5) is 15.8 Å². The molecule has 0 radical (unpaired) electrons. The van der Waals surface area contributed by atoms with Crippen molar-refractivity contribution in [3.63, 3.8) is 0 Å². The second-order valence-electron chi connectivity index (χ2n) is 6.14. The number of pyridine rings is 1. The van der Waals surface area contributed by atoms with Gasteiger partial charge in [0.2, 0.25) is 0 Å². The highest BCUT2D eigenvalue weighted by atomic mass is 19.1. The van der Waals surface area contributed by atoms with Gasteiger partial charge in [0.05, 0.1) is 17.4 Å². The van der Waals surface area contributed by atoms with Crippen LogP contribution in [-0.2, 0) is 0 Å². The van der Waals surface area contributed by atoms with Gasteiger partial charge in [-0.3, -0.25) is 9.78 Å². The lowest BCUT2D eigenvalue weighted by atomic mass is 10.2. The highest BCUT2D eigenvalue weighted by molar-refractivity contribution is 5.94. The van der Waals surface area contributed by atoms with Gasteiger partial charge in [-0.1, -0.05) is 6.92 Å². The molecule has 3 rings (SSSR count). The van der Waals surface area contributed by atoms with E-state index in [9.17, 15) is 9.18 Å². The van der Waals surface area contributed by atoms with E-state index in [4.69, 9.17) is 0 Å². The number of anilines is 2. The Kier molecular flexibility index (Phi) is 5.48. The Balaban J connectivity index is 1.62. The van der Waals surface area contributed by atoms with Crippen LogP contribution >= 0.6 is 0 Å². The van der Waals surface area contributed by atoms with Crippen LogP contribution in [0.25, 0.3) is 0 Å². The molecule has 1 aromatic heterocycles. The quantitative estimate of drug-likeness (QED) is 0.908. The number of halogens is 1. The molecule has 1 amide bonds. The van der Waals surface area contributed by atoms with Crippen molar-refractivity contribution in [1.29, 1.82) is 0 Å².